The summed E-state index contributed by atoms with van der Waals surface area (Å²) in [6.07, 6.45) is 0.365. The zero-order valence-corrected chi connectivity index (χ0v) is 9.32. The van der Waals surface area contributed by atoms with E-state index >= 15 is 0 Å². The molecule has 0 saturated carbocycles. The van der Waals surface area contributed by atoms with Crippen LogP contribution in [0.25, 0.3) is 0 Å². The molecule has 0 unspecified atom stereocenters. The Hall–Kier alpha value is -1.29. The predicted octanol–water partition coefficient (Wildman–Crippen LogP) is 1.80. The van der Waals surface area contributed by atoms with E-state index in [9.17, 15) is 9.50 Å². The van der Waals surface area contributed by atoms with Gasteiger partial charge in [-0.15, -0.1) is 0 Å². The fraction of sp³-hybridized carbons (Fsp3) is 0.500. The Morgan fingerprint density at radius 2 is 2.38 bits per heavy atom. The lowest BCUT2D eigenvalue weighted by molar-refractivity contribution is 0.171. The maximum Gasteiger partial charge on any atom is 0.145 e. The van der Waals surface area contributed by atoms with Crippen molar-refractivity contribution in [2.24, 2.45) is 0 Å². The summed E-state index contributed by atoms with van der Waals surface area (Å²) in [6, 6.07) is 4.50. The number of halogens is 1. The molecule has 0 bridgehead atoms. The highest BCUT2D eigenvalue weighted by Gasteiger charge is 2.20. The van der Waals surface area contributed by atoms with Gasteiger partial charge in [-0.2, -0.15) is 0 Å². The minimum absolute atomic E-state index is 0.295. The standard InChI is InChI=1S/C12H16FNO2/c1-2-10(15)8-14-5-6-16-12-7-9(13)3-4-11(12)14/h3-4,7,10,15H,2,5-6,8H2,1H3/t10-/m1/s1. The lowest BCUT2D eigenvalue weighted by atomic mass is 10.2. The minimum Gasteiger partial charge on any atom is -0.489 e. The van der Waals surface area contributed by atoms with Gasteiger partial charge in [-0.05, 0) is 18.6 Å². The van der Waals surface area contributed by atoms with Crippen LogP contribution in [0, 0.1) is 5.82 Å². The molecule has 1 atom stereocenters. The van der Waals surface area contributed by atoms with Gasteiger partial charge in [0.25, 0.3) is 0 Å². The Labute approximate surface area is 94.4 Å². The molecule has 1 aliphatic heterocycles. The summed E-state index contributed by atoms with van der Waals surface area (Å²) >= 11 is 0. The first-order valence-electron chi connectivity index (χ1n) is 5.56. The van der Waals surface area contributed by atoms with Gasteiger partial charge in [-0.25, -0.2) is 4.39 Å². The van der Waals surface area contributed by atoms with Crippen LogP contribution in [0.1, 0.15) is 13.3 Å². The topological polar surface area (TPSA) is 32.7 Å². The molecule has 0 aromatic heterocycles. The van der Waals surface area contributed by atoms with E-state index in [0.29, 0.717) is 25.3 Å². The van der Waals surface area contributed by atoms with E-state index < -0.39 is 0 Å². The first-order valence-corrected chi connectivity index (χ1v) is 5.56. The molecular formula is C12H16FNO2. The minimum atomic E-state index is -0.351. The fourth-order valence-corrected chi connectivity index (χ4v) is 1.82. The van der Waals surface area contributed by atoms with Crippen LogP contribution in [0.15, 0.2) is 18.2 Å². The van der Waals surface area contributed by atoms with E-state index in [1.54, 1.807) is 6.07 Å². The average Bonchev–Trinajstić information content (AvgIpc) is 2.28. The third-order valence-corrected chi connectivity index (χ3v) is 2.78. The van der Waals surface area contributed by atoms with Crippen molar-refractivity contribution in [2.75, 3.05) is 24.6 Å². The number of hydrogen-bond donors (Lipinski definition) is 1. The van der Waals surface area contributed by atoms with E-state index in [1.165, 1.54) is 12.1 Å². The molecule has 0 aliphatic carbocycles. The normalized spacial score (nSPS) is 16.6. The van der Waals surface area contributed by atoms with Gasteiger partial charge in [-0.3, -0.25) is 0 Å². The van der Waals surface area contributed by atoms with Gasteiger partial charge < -0.3 is 14.7 Å². The maximum absolute atomic E-state index is 13.0. The molecule has 0 radical (unpaired) electrons. The predicted molar refractivity (Wildman–Crippen MR) is 60.4 cm³/mol. The summed E-state index contributed by atoms with van der Waals surface area (Å²) < 4.78 is 18.4. The maximum atomic E-state index is 13.0. The van der Waals surface area contributed by atoms with E-state index in [2.05, 4.69) is 0 Å². The number of β-amino-alcohol motifs (C(OH)–C–C–N with tert-alkyl or cyclic N) is 1. The molecule has 3 nitrogen and oxygen atoms in total. The first-order chi connectivity index (χ1) is 7.70. The van der Waals surface area contributed by atoms with Crippen molar-refractivity contribution in [3.63, 3.8) is 0 Å². The number of anilines is 1. The highest BCUT2D eigenvalue weighted by molar-refractivity contribution is 5.60. The Morgan fingerprint density at radius 1 is 1.56 bits per heavy atom. The number of ether oxygens (including phenoxy) is 1. The molecule has 88 valence electrons. The van der Waals surface area contributed by atoms with E-state index in [4.69, 9.17) is 4.74 Å². The van der Waals surface area contributed by atoms with Crippen LogP contribution in [0.4, 0.5) is 10.1 Å². The molecule has 0 saturated heterocycles. The molecule has 0 spiro atoms. The van der Waals surface area contributed by atoms with Crippen LogP contribution in [0.2, 0.25) is 0 Å². The Balaban J connectivity index is 2.19. The third kappa shape index (κ3) is 2.27. The molecular weight excluding hydrogens is 209 g/mol. The molecule has 1 aromatic rings. The second-order valence-electron chi connectivity index (χ2n) is 3.97. The Morgan fingerprint density at radius 3 is 3.12 bits per heavy atom. The number of fused-ring (bicyclic) bond motifs is 1. The number of aliphatic hydroxyl groups is 1. The lowest BCUT2D eigenvalue weighted by Gasteiger charge is -2.32. The molecule has 0 amide bonds. The van der Waals surface area contributed by atoms with Crippen molar-refractivity contribution in [2.45, 2.75) is 19.4 Å². The average molecular weight is 225 g/mol. The van der Waals surface area contributed by atoms with Crippen molar-refractivity contribution in [1.82, 2.24) is 0 Å². The molecule has 1 aliphatic rings. The molecule has 1 aromatic carbocycles. The van der Waals surface area contributed by atoms with Crippen molar-refractivity contribution >= 4 is 5.69 Å². The van der Waals surface area contributed by atoms with Crippen molar-refractivity contribution in [1.29, 1.82) is 0 Å². The van der Waals surface area contributed by atoms with Crippen LogP contribution >= 0.6 is 0 Å². The van der Waals surface area contributed by atoms with Crippen LogP contribution in [-0.2, 0) is 0 Å². The number of rotatable bonds is 3. The SMILES string of the molecule is CC[C@@H](O)CN1CCOc2cc(F)ccc21. The highest BCUT2D eigenvalue weighted by atomic mass is 19.1. The quantitative estimate of drug-likeness (QED) is 0.851. The van der Waals surface area contributed by atoms with E-state index in [1.807, 2.05) is 11.8 Å². The zero-order chi connectivity index (χ0) is 11.5. The molecule has 1 heterocycles. The molecule has 0 fully saturated rings. The van der Waals surface area contributed by atoms with Gasteiger partial charge in [0.05, 0.1) is 18.3 Å². The van der Waals surface area contributed by atoms with Crippen molar-refractivity contribution in [3.8, 4) is 5.75 Å². The Kier molecular flexibility index (Phi) is 3.29. The smallest absolute Gasteiger partial charge is 0.145 e. The second-order valence-corrected chi connectivity index (χ2v) is 3.97. The molecule has 4 heteroatoms. The summed E-state index contributed by atoms with van der Waals surface area (Å²) in [7, 11) is 0. The summed E-state index contributed by atoms with van der Waals surface area (Å²) in [4.78, 5) is 2.03. The summed E-state index contributed by atoms with van der Waals surface area (Å²) in [5, 5.41) is 9.63. The van der Waals surface area contributed by atoms with Crippen molar-refractivity contribution in [3.05, 3.63) is 24.0 Å². The van der Waals surface area contributed by atoms with Gasteiger partial charge in [0.2, 0.25) is 0 Å². The largest absolute Gasteiger partial charge is 0.489 e. The van der Waals surface area contributed by atoms with Crippen LogP contribution in [0.3, 0.4) is 0 Å². The van der Waals surface area contributed by atoms with Crippen LogP contribution in [-0.4, -0.2) is 30.9 Å². The first kappa shape index (κ1) is 11.2. The van der Waals surface area contributed by atoms with Gasteiger partial charge in [0.1, 0.15) is 18.2 Å². The second kappa shape index (κ2) is 4.70. The van der Waals surface area contributed by atoms with Gasteiger partial charge in [0, 0.05) is 12.6 Å². The summed E-state index contributed by atoms with van der Waals surface area (Å²) in [5.41, 5.74) is 0.861. The number of nitrogens with zero attached hydrogens (tertiary/aromatic N) is 1. The monoisotopic (exact) mass is 225 g/mol. The summed E-state index contributed by atoms with van der Waals surface area (Å²) in [6.45, 7) is 3.78. The highest BCUT2D eigenvalue weighted by Crippen LogP contribution is 2.32. The zero-order valence-electron chi connectivity index (χ0n) is 9.32. The number of benzene rings is 1. The number of aliphatic hydroxyl groups excluding tert-OH is 1. The van der Waals surface area contributed by atoms with Gasteiger partial charge in [0.15, 0.2) is 0 Å². The third-order valence-electron chi connectivity index (χ3n) is 2.78. The fourth-order valence-electron chi connectivity index (χ4n) is 1.82. The lowest BCUT2D eigenvalue weighted by Crippen LogP contribution is -2.38. The molecule has 1 N–H and O–H groups in total. The summed E-state index contributed by atoms with van der Waals surface area (Å²) in [5.74, 6) is 0.270. The van der Waals surface area contributed by atoms with Crippen LogP contribution in [0.5, 0.6) is 5.75 Å². The van der Waals surface area contributed by atoms with Crippen molar-refractivity contribution < 1.29 is 14.2 Å². The van der Waals surface area contributed by atoms with Gasteiger partial charge >= 0.3 is 0 Å². The molecule has 2 rings (SSSR count). The van der Waals surface area contributed by atoms with E-state index in [-0.39, 0.29) is 11.9 Å². The Bertz CT molecular complexity index is 370. The van der Waals surface area contributed by atoms with Gasteiger partial charge in [-0.1, -0.05) is 6.92 Å². The number of hydrogen-bond acceptors (Lipinski definition) is 3. The molecule has 16 heavy (non-hydrogen) atoms. The van der Waals surface area contributed by atoms with E-state index in [0.717, 1.165) is 12.2 Å². The van der Waals surface area contributed by atoms with Crippen LogP contribution < -0.4 is 9.64 Å².